The first-order valence-electron chi connectivity index (χ1n) is 7.71. The number of halogens is 3. The molecule has 1 aromatic heterocycles. The van der Waals surface area contributed by atoms with E-state index in [0.29, 0.717) is 12.8 Å². The Bertz CT molecular complexity index is 679. The molecule has 0 unspecified atom stereocenters. The summed E-state index contributed by atoms with van der Waals surface area (Å²) in [5, 5.41) is 6.67. The molecule has 130 valence electrons. The van der Waals surface area contributed by atoms with Gasteiger partial charge in [-0.1, -0.05) is 12.1 Å². The highest BCUT2D eigenvalue weighted by Crippen LogP contribution is 2.32. The molecule has 8 heteroatoms. The van der Waals surface area contributed by atoms with Crippen LogP contribution in [0, 0.1) is 0 Å². The van der Waals surface area contributed by atoms with E-state index < -0.39 is 12.1 Å². The van der Waals surface area contributed by atoms with Gasteiger partial charge in [-0.05, 0) is 43.6 Å². The lowest BCUT2D eigenvalue weighted by atomic mass is 9.96. The zero-order valence-corrected chi connectivity index (χ0v) is 13.2. The maximum absolute atomic E-state index is 12.5. The Labute approximate surface area is 137 Å². The number of benzene rings is 1. The fourth-order valence-corrected chi connectivity index (χ4v) is 2.88. The molecule has 24 heavy (non-hydrogen) atoms. The Morgan fingerprint density at radius 1 is 1.25 bits per heavy atom. The third kappa shape index (κ3) is 3.87. The van der Waals surface area contributed by atoms with Crippen molar-refractivity contribution in [3.63, 3.8) is 0 Å². The van der Waals surface area contributed by atoms with Gasteiger partial charge in [0.25, 0.3) is 0 Å². The fourth-order valence-electron chi connectivity index (χ4n) is 2.88. The molecule has 1 aliphatic rings. The van der Waals surface area contributed by atoms with E-state index in [4.69, 9.17) is 9.15 Å². The van der Waals surface area contributed by atoms with Crippen LogP contribution in [0.3, 0.4) is 0 Å². The number of piperidine rings is 1. The Kier molecular flexibility index (Phi) is 4.75. The fraction of sp³-hybridized carbons (Fsp3) is 0.500. The first-order valence-corrected chi connectivity index (χ1v) is 7.71. The van der Waals surface area contributed by atoms with E-state index in [-0.39, 0.29) is 11.8 Å². The molecule has 3 rings (SSSR count). The van der Waals surface area contributed by atoms with Crippen molar-refractivity contribution in [1.29, 1.82) is 0 Å². The quantitative estimate of drug-likeness (QED) is 0.852. The largest absolute Gasteiger partial charge is 0.497 e. The second kappa shape index (κ2) is 6.80. The lowest BCUT2D eigenvalue weighted by molar-refractivity contribution is -0.157. The molecule has 0 spiro atoms. The molecule has 2 aromatic rings. The predicted molar refractivity (Wildman–Crippen MR) is 79.5 cm³/mol. The van der Waals surface area contributed by atoms with Gasteiger partial charge < -0.3 is 9.15 Å². The van der Waals surface area contributed by atoms with Crippen LogP contribution in [0.5, 0.6) is 5.75 Å². The van der Waals surface area contributed by atoms with Gasteiger partial charge in [-0.15, -0.1) is 10.2 Å². The molecule has 0 bridgehead atoms. The van der Waals surface area contributed by atoms with Crippen molar-refractivity contribution < 1.29 is 22.3 Å². The Morgan fingerprint density at radius 3 is 2.62 bits per heavy atom. The molecule has 1 aromatic carbocycles. The smallest absolute Gasteiger partial charge is 0.470 e. The average molecular weight is 341 g/mol. The summed E-state index contributed by atoms with van der Waals surface area (Å²) in [7, 11) is 1.63. The number of methoxy groups -OCH3 is 1. The maximum Gasteiger partial charge on any atom is 0.470 e. The minimum atomic E-state index is -4.59. The molecular weight excluding hydrogens is 323 g/mol. The topological polar surface area (TPSA) is 51.4 Å². The van der Waals surface area contributed by atoms with Crippen molar-refractivity contribution >= 4 is 0 Å². The standard InChI is InChI=1S/C16H18F3N3O2/c1-23-13-4-2-3-11(9-13)10-22-7-5-12(6-8-22)14-20-21-15(24-14)16(17,18)19/h2-4,9,12H,5-8,10H2,1H3. The average Bonchev–Trinajstić information content (AvgIpc) is 3.06. The van der Waals surface area contributed by atoms with Gasteiger partial charge in [-0.2, -0.15) is 13.2 Å². The van der Waals surface area contributed by atoms with Gasteiger partial charge in [0.15, 0.2) is 0 Å². The summed E-state index contributed by atoms with van der Waals surface area (Å²) in [5.41, 5.74) is 1.14. The van der Waals surface area contributed by atoms with Gasteiger partial charge in [0.05, 0.1) is 7.11 Å². The number of hydrogen-bond donors (Lipinski definition) is 0. The lowest BCUT2D eigenvalue weighted by Gasteiger charge is -2.30. The minimum Gasteiger partial charge on any atom is -0.497 e. The minimum absolute atomic E-state index is 0.0864. The first-order chi connectivity index (χ1) is 11.5. The number of aromatic nitrogens is 2. The summed E-state index contributed by atoms with van der Waals surface area (Å²) in [5.74, 6) is -0.484. The molecule has 1 fully saturated rings. The van der Waals surface area contributed by atoms with E-state index in [9.17, 15) is 13.2 Å². The number of alkyl halides is 3. The van der Waals surface area contributed by atoms with Gasteiger partial charge in [0.1, 0.15) is 5.75 Å². The molecule has 1 aliphatic heterocycles. The summed E-state index contributed by atoms with van der Waals surface area (Å²) in [6, 6.07) is 7.85. The predicted octanol–water partition coefficient (Wildman–Crippen LogP) is 3.48. The van der Waals surface area contributed by atoms with E-state index in [2.05, 4.69) is 15.1 Å². The second-order valence-electron chi connectivity index (χ2n) is 5.85. The number of ether oxygens (including phenoxy) is 1. The third-order valence-corrected chi connectivity index (χ3v) is 4.16. The molecule has 1 saturated heterocycles. The highest BCUT2D eigenvalue weighted by Gasteiger charge is 2.39. The van der Waals surface area contributed by atoms with Crippen LogP contribution >= 0.6 is 0 Å². The monoisotopic (exact) mass is 341 g/mol. The molecule has 0 saturated carbocycles. The Morgan fingerprint density at radius 2 is 2.00 bits per heavy atom. The van der Waals surface area contributed by atoms with Crippen molar-refractivity contribution in [2.75, 3.05) is 20.2 Å². The number of likely N-dealkylation sites (tertiary alicyclic amines) is 1. The van der Waals surface area contributed by atoms with Gasteiger partial charge in [0, 0.05) is 12.5 Å². The highest BCUT2D eigenvalue weighted by molar-refractivity contribution is 5.28. The van der Waals surface area contributed by atoms with Crippen LogP contribution in [-0.2, 0) is 12.7 Å². The SMILES string of the molecule is COc1cccc(CN2CCC(c3nnc(C(F)(F)F)o3)CC2)c1. The summed E-state index contributed by atoms with van der Waals surface area (Å²) < 4.78 is 47.6. The van der Waals surface area contributed by atoms with Crippen LogP contribution in [-0.4, -0.2) is 35.3 Å². The van der Waals surface area contributed by atoms with Crippen molar-refractivity contribution in [3.8, 4) is 5.75 Å². The maximum atomic E-state index is 12.5. The first kappa shape index (κ1) is 16.8. The molecule has 2 heterocycles. The van der Waals surface area contributed by atoms with Crippen molar-refractivity contribution in [2.45, 2.75) is 31.5 Å². The Hall–Kier alpha value is -2.09. The van der Waals surface area contributed by atoms with E-state index >= 15 is 0 Å². The van der Waals surface area contributed by atoms with E-state index in [1.165, 1.54) is 0 Å². The van der Waals surface area contributed by atoms with Gasteiger partial charge in [-0.25, -0.2) is 0 Å². The normalized spacial score (nSPS) is 17.2. The van der Waals surface area contributed by atoms with Gasteiger partial charge in [0.2, 0.25) is 5.89 Å². The van der Waals surface area contributed by atoms with Crippen LogP contribution in [0.25, 0.3) is 0 Å². The van der Waals surface area contributed by atoms with Gasteiger partial charge >= 0.3 is 12.1 Å². The molecule has 0 atom stereocenters. The van der Waals surface area contributed by atoms with Crippen molar-refractivity contribution in [1.82, 2.24) is 15.1 Å². The zero-order valence-electron chi connectivity index (χ0n) is 13.2. The van der Waals surface area contributed by atoms with Crippen LogP contribution in [0.4, 0.5) is 13.2 Å². The summed E-state index contributed by atoms with van der Waals surface area (Å²) in [6.45, 7) is 2.32. The second-order valence-corrected chi connectivity index (χ2v) is 5.85. The van der Waals surface area contributed by atoms with E-state index in [1.807, 2.05) is 24.3 Å². The molecule has 5 nitrogen and oxygen atoms in total. The van der Waals surface area contributed by atoms with Gasteiger partial charge in [-0.3, -0.25) is 4.90 Å². The molecule has 0 aliphatic carbocycles. The van der Waals surface area contributed by atoms with E-state index in [1.54, 1.807) is 7.11 Å². The molecule has 0 radical (unpaired) electrons. The van der Waals surface area contributed by atoms with Crippen LogP contribution in [0.15, 0.2) is 28.7 Å². The molecule has 0 N–H and O–H groups in total. The number of hydrogen-bond acceptors (Lipinski definition) is 5. The Balaban J connectivity index is 1.56. The van der Waals surface area contributed by atoms with Crippen LogP contribution < -0.4 is 4.74 Å². The van der Waals surface area contributed by atoms with Crippen LogP contribution in [0.2, 0.25) is 0 Å². The summed E-state index contributed by atoms with van der Waals surface area (Å²) in [6.07, 6.45) is -3.19. The van der Waals surface area contributed by atoms with E-state index in [0.717, 1.165) is 30.9 Å². The highest BCUT2D eigenvalue weighted by atomic mass is 19.4. The van der Waals surface area contributed by atoms with Crippen LogP contribution in [0.1, 0.15) is 36.1 Å². The lowest BCUT2D eigenvalue weighted by Crippen LogP contribution is -2.32. The van der Waals surface area contributed by atoms with Crippen molar-refractivity contribution in [2.24, 2.45) is 0 Å². The summed E-state index contributed by atoms with van der Waals surface area (Å²) in [4.78, 5) is 2.26. The third-order valence-electron chi connectivity index (χ3n) is 4.16. The summed E-state index contributed by atoms with van der Waals surface area (Å²) >= 11 is 0. The van der Waals surface area contributed by atoms with Crippen molar-refractivity contribution in [3.05, 3.63) is 41.6 Å². The number of rotatable bonds is 4. The molecular formula is C16H18F3N3O2. The molecule has 0 amide bonds. The zero-order chi connectivity index (χ0) is 17.2. The number of nitrogens with zero attached hydrogens (tertiary/aromatic N) is 3.